The van der Waals surface area contributed by atoms with Crippen molar-refractivity contribution < 1.29 is 18.9 Å². The Hall–Kier alpha value is -1.68. The molecule has 1 aromatic carbocycles. The average Bonchev–Trinajstić information content (AvgIpc) is 2.36. The van der Waals surface area contributed by atoms with Gasteiger partial charge in [0.25, 0.3) is 0 Å². The Morgan fingerprint density at radius 2 is 1.89 bits per heavy atom. The fraction of sp³-hybridized carbons (Fsp3) is 0.429. The van der Waals surface area contributed by atoms with Crippen molar-refractivity contribution in [3.63, 3.8) is 0 Å². The number of hydrogen-bond donors (Lipinski definition) is 0. The van der Waals surface area contributed by atoms with Crippen LogP contribution in [0.15, 0.2) is 29.8 Å². The first-order valence-electron chi connectivity index (χ1n) is 5.73. The van der Waals surface area contributed by atoms with E-state index >= 15 is 0 Å². The Kier molecular flexibility index (Phi) is 6.08. The molecule has 0 saturated carbocycles. The van der Waals surface area contributed by atoms with Gasteiger partial charge in [0.1, 0.15) is 12.4 Å². The maximum Gasteiger partial charge on any atom is 0.188 e. The standard InChI is InChI=1S/C14H20O4/c1-11(2)7-8-17-12-5-6-13(18-10-15-3)14(9-12)16-4/h5-7,9H,8,10H2,1-4H3. The Morgan fingerprint density at radius 1 is 1.11 bits per heavy atom. The Bertz CT molecular complexity index is 395. The van der Waals surface area contributed by atoms with E-state index in [-0.39, 0.29) is 6.79 Å². The quantitative estimate of drug-likeness (QED) is 0.552. The lowest BCUT2D eigenvalue weighted by Crippen LogP contribution is -2.01. The third-order valence-corrected chi connectivity index (χ3v) is 2.21. The van der Waals surface area contributed by atoms with Crippen molar-refractivity contribution in [1.29, 1.82) is 0 Å². The van der Waals surface area contributed by atoms with Gasteiger partial charge < -0.3 is 18.9 Å². The molecule has 1 aromatic rings. The van der Waals surface area contributed by atoms with Crippen LogP contribution < -0.4 is 14.2 Å². The summed E-state index contributed by atoms with van der Waals surface area (Å²) in [6.45, 7) is 4.80. The first-order chi connectivity index (χ1) is 8.67. The lowest BCUT2D eigenvalue weighted by atomic mass is 10.3. The first kappa shape index (κ1) is 14.4. The maximum absolute atomic E-state index is 5.58. The maximum atomic E-state index is 5.58. The van der Waals surface area contributed by atoms with Gasteiger partial charge >= 0.3 is 0 Å². The van der Waals surface area contributed by atoms with E-state index in [1.54, 1.807) is 26.4 Å². The number of allylic oxidation sites excluding steroid dienone is 1. The van der Waals surface area contributed by atoms with E-state index in [1.165, 1.54) is 5.57 Å². The summed E-state index contributed by atoms with van der Waals surface area (Å²) < 4.78 is 21.0. The molecule has 0 spiro atoms. The van der Waals surface area contributed by atoms with E-state index in [0.29, 0.717) is 18.1 Å². The summed E-state index contributed by atoms with van der Waals surface area (Å²) in [5, 5.41) is 0. The van der Waals surface area contributed by atoms with E-state index in [0.717, 1.165) is 5.75 Å². The summed E-state index contributed by atoms with van der Waals surface area (Å²) in [5.41, 5.74) is 1.22. The summed E-state index contributed by atoms with van der Waals surface area (Å²) in [6.07, 6.45) is 2.02. The van der Waals surface area contributed by atoms with Crippen LogP contribution in [0.1, 0.15) is 13.8 Å². The molecule has 0 heterocycles. The van der Waals surface area contributed by atoms with Crippen molar-refractivity contribution in [3.8, 4) is 17.2 Å². The highest BCUT2D eigenvalue weighted by Crippen LogP contribution is 2.31. The highest BCUT2D eigenvalue weighted by molar-refractivity contribution is 5.45. The minimum Gasteiger partial charge on any atom is -0.493 e. The molecule has 0 N–H and O–H groups in total. The van der Waals surface area contributed by atoms with Crippen LogP contribution in [-0.2, 0) is 4.74 Å². The van der Waals surface area contributed by atoms with E-state index in [9.17, 15) is 0 Å². The minimum absolute atomic E-state index is 0.189. The number of rotatable bonds is 7. The van der Waals surface area contributed by atoms with Crippen LogP contribution in [-0.4, -0.2) is 27.6 Å². The topological polar surface area (TPSA) is 36.9 Å². The van der Waals surface area contributed by atoms with Gasteiger partial charge in [0.15, 0.2) is 18.3 Å². The molecule has 0 atom stereocenters. The Labute approximate surface area is 108 Å². The van der Waals surface area contributed by atoms with Crippen LogP contribution in [0.2, 0.25) is 0 Å². The molecule has 0 aliphatic heterocycles. The zero-order valence-corrected chi connectivity index (χ0v) is 11.4. The van der Waals surface area contributed by atoms with Crippen molar-refractivity contribution >= 4 is 0 Å². The molecule has 4 heteroatoms. The van der Waals surface area contributed by atoms with Crippen LogP contribution in [0.25, 0.3) is 0 Å². The molecule has 0 fully saturated rings. The van der Waals surface area contributed by atoms with Gasteiger partial charge in [-0.05, 0) is 32.1 Å². The van der Waals surface area contributed by atoms with Crippen molar-refractivity contribution in [2.24, 2.45) is 0 Å². The van der Waals surface area contributed by atoms with Gasteiger partial charge in [0.05, 0.1) is 7.11 Å². The van der Waals surface area contributed by atoms with Crippen molar-refractivity contribution in [1.82, 2.24) is 0 Å². The third kappa shape index (κ3) is 4.67. The molecule has 100 valence electrons. The molecule has 0 aliphatic carbocycles. The molecule has 0 radical (unpaired) electrons. The fourth-order valence-corrected chi connectivity index (χ4v) is 1.28. The van der Waals surface area contributed by atoms with E-state index in [1.807, 2.05) is 26.0 Å². The number of hydrogen-bond acceptors (Lipinski definition) is 4. The van der Waals surface area contributed by atoms with Gasteiger partial charge in [-0.3, -0.25) is 0 Å². The van der Waals surface area contributed by atoms with Gasteiger partial charge in [-0.1, -0.05) is 5.57 Å². The summed E-state index contributed by atoms with van der Waals surface area (Å²) >= 11 is 0. The lowest BCUT2D eigenvalue weighted by molar-refractivity contribution is 0.0491. The summed E-state index contributed by atoms with van der Waals surface area (Å²) in [7, 11) is 3.16. The van der Waals surface area contributed by atoms with Gasteiger partial charge in [-0.15, -0.1) is 0 Å². The molecular weight excluding hydrogens is 232 g/mol. The second kappa shape index (κ2) is 7.61. The van der Waals surface area contributed by atoms with Gasteiger partial charge in [0, 0.05) is 13.2 Å². The molecule has 0 bridgehead atoms. The normalized spacial score (nSPS) is 9.78. The summed E-state index contributed by atoms with van der Waals surface area (Å²) in [6, 6.07) is 5.44. The highest BCUT2D eigenvalue weighted by Gasteiger charge is 2.06. The smallest absolute Gasteiger partial charge is 0.188 e. The predicted molar refractivity (Wildman–Crippen MR) is 70.4 cm³/mol. The summed E-state index contributed by atoms with van der Waals surface area (Å²) in [4.78, 5) is 0. The van der Waals surface area contributed by atoms with Crippen LogP contribution in [0.4, 0.5) is 0 Å². The van der Waals surface area contributed by atoms with Crippen LogP contribution >= 0.6 is 0 Å². The van der Waals surface area contributed by atoms with Gasteiger partial charge in [-0.2, -0.15) is 0 Å². The predicted octanol–water partition coefficient (Wildman–Crippen LogP) is 3.02. The molecule has 4 nitrogen and oxygen atoms in total. The Morgan fingerprint density at radius 3 is 2.50 bits per heavy atom. The van der Waals surface area contributed by atoms with E-state index in [4.69, 9.17) is 18.9 Å². The molecule has 0 amide bonds. The monoisotopic (exact) mass is 252 g/mol. The van der Waals surface area contributed by atoms with Crippen molar-refractivity contribution in [2.75, 3.05) is 27.6 Å². The SMILES string of the molecule is COCOc1ccc(OCC=C(C)C)cc1OC. The van der Waals surface area contributed by atoms with Crippen molar-refractivity contribution in [2.45, 2.75) is 13.8 Å². The number of benzene rings is 1. The first-order valence-corrected chi connectivity index (χ1v) is 5.73. The average molecular weight is 252 g/mol. The third-order valence-electron chi connectivity index (χ3n) is 2.21. The molecular formula is C14H20O4. The molecule has 0 aliphatic rings. The Balaban J connectivity index is 2.69. The highest BCUT2D eigenvalue weighted by atomic mass is 16.7. The molecule has 0 unspecified atom stereocenters. The largest absolute Gasteiger partial charge is 0.493 e. The zero-order chi connectivity index (χ0) is 13.4. The molecule has 1 rings (SSSR count). The van der Waals surface area contributed by atoms with Crippen LogP contribution in [0.5, 0.6) is 17.2 Å². The molecule has 0 aromatic heterocycles. The van der Waals surface area contributed by atoms with Crippen LogP contribution in [0, 0.1) is 0 Å². The molecule has 0 saturated heterocycles. The van der Waals surface area contributed by atoms with E-state index < -0.39 is 0 Å². The van der Waals surface area contributed by atoms with Crippen LogP contribution in [0.3, 0.4) is 0 Å². The number of ether oxygens (including phenoxy) is 4. The fourth-order valence-electron chi connectivity index (χ4n) is 1.28. The van der Waals surface area contributed by atoms with Crippen molar-refractivity contribution in [3.05, 3.63) is 29.8 Å². The summed E-state index contributed by atoms with van der Waals surface area (Å²) in [5.74, 6) is 2.00. The number of methoxy groups -OCH3 is 2. The van der Waals surface area contributed by atoms with Gasteiger partial charge in [0.2, 0.25) is 0 Å². The lowest BCUT2D eigenvalue weighted by Gasteiger charge is -2.11. The second-order valence-electron chi connectivity index (χ2n) is 3.96. The molecule has 18 heavy (non-hydrogen) atoms. The second-order valence-corrected chi connectivity index (χ2v) is 3.96. The van der Waals surface area contributed by atoms with E-state index in [2.05, 4.69) is 0 Å². The minimum atomic E-state index is 0.189. The zero-order valence-electron chi connectivity index (χ0n) is 11.4. The van der Waals surface area contributed by atoms with Gasteiger partial charge in [-0.25, -0.2) is 0 Å².